The summed E-state index contributed by atoms with van der Waals surface area (Å²) in [6.07, 6.45) is 7.07. The van der Waals surface area contributed by atoms with E-state index < -0.39 is 0 Å². The van der Waals surface area contributed by atoms with E-state index in [9.17, 15) is 0 Å². The van der Waals surface area contributed by atoms with Crippen LogP contribution in [0.25, 0.3) is 0 Å². The van der Waals surface area contributed by atoms with Crippen molar-refractivity contribution in [3.8, 4) is 5.75 Å². The van der Waals surface area contributed by atoms with Crippen LogP contribution in [0.5, 0.6) is 5.75 Å². The maximum absolute atomic E-state index is 6.33. The number of aromatic nitrogens is 2. The molecule has 1 atom stereocenters. The molecule has 2 aromatic rings. The van der Waals surface area contributed by atoms with Crippen molar-refractivity contribution in [3.63, 3.8) is 0 Å². The summed E-state index contributed by atoms with van der Waals surface area (Å²) < 4.78 is 7.59. The minimum Gasteiger partial charge on any atom is -0.494 e. The summed E-state index contributed by atoms with van der Waals surface area (Å²) in [4.78, 5) is 8.73. The van der Waals surface area contributed by atoms with Crippen molar-refractivity contribution >= 4 is 5.84 Å². The van der Waals surface area contributed by atoms with Crippen molar-refractivity contribution in [2.75, 3.05) is 19.7 Å². The van der Waals surface area contributed by atoms with E-state index in [1.165, 1.54) is 18.4 Å². The molecule has 7 nitrogen and oxygen atoms in total. The third-order valence-corrected chi connectivity index (χ3v) is 6.68. The number of benzene rings is 1. The largest absolute Gasteiger partial charge is 0.494 e. The predicted octanol–water partition coefficient (Wildman–Crippen LogP) is 3.07. The van der Waals surface area contributed by atoms with Crippen LogP contribution in [-0.2, 0) is 24.9 Å². The van der Waals surface area contributed by atoms with Crippen molar-refractivity contribution < 1.29 is 9.57 Å². The minimum atomic E-state index is -0.352. The average molecular weight is 410 g/mol. The summed E-state index contributed by atoms with van der Waals surface area (Å²) in [6, 6.07) is 10.4. The lowest BCUT2D eigenvalue weighted by Gasteiger charge is -2.46. The van der Waals surface area contributed by atoms with Crippen LogP contribution in [0.2, 0.25) is 0 Å². The van der Waals surface area contributed by atoms with Gasteiger partial charge in [-0.25, -0.2) is 0 Å². The van der Waals surface area contributed by atoms with Gasteiger partial charge in [0, 0.05) is 44.6 Å². The molecular formula is C23H31N5O2. The smallest absolute Gasteiger partial charge is 0.219 e. The molecule has 0 bridgehead atoms. The molecule has 2 spiro atoms. The first-order valence-corrected chi connectivity index (χ1v) is 11.1. The number of oxime groups is 1. The van der Waals surface area contributed by atoms with E-state index in [1.807, 2.05) is 30.1 Å². The van der Waals surface area contributed by atoms with Crippen molar-refractivity contribution in [2.45, 2.75) is 51.3 Å². The summed E-state index contributed by atoms with van der Waals surface area (Å²) in [5, 5.41) is 12.9. The zero-order valence-corrected chi connectivity index (χ0v) is 17.9. The molecule has 160 valence electrons. The molecule has 1 aromatic heterocycles. The Bertz CT molecular complexity index is 918. The zero-order valence-electron chi connectivity index (χ0n) is 17.9. The Hall–Kier alpha value is -2.54. The molecule has 3 aliphatic rings. The number of hydrogen-bond acceptors (Lipinski definition) is 6. The van der Waals surface area contributed by atoms with Crippen molar-refractivity contribution in [2.24, 2.45) is 17.6 Å². The van der Waals surface area contributed by atoms with Gasteiger partial charge in [0.25, 0.3) is 0 Å². The number of nitrogens with one attached hydrogen (secondary N) is 1. The normalized spacial score (nSPS) is 24.2. The van der Waals surface area contributed by atoms with Crippen molar-refractivity contribution in [1.29, 1.82) is 0 Å². The number of ether oxygens (including phenoxy) is 1. The van der Waals surface area contributed by atoms with Gasteiger partial charge in [-0.1, -0.05) is 24.2 Å². The number of aryl methyl sites for hydroxylation is 1. The molecule has 5 rings (SSSR count). The van der Waals surface area contributed by atoms with Gasteiger partial charge in [0.1, 0.15) is 5.75 Å². The number of rotatable bonds is 7. The Kier molecular flexibility index (Phi) is 4.93. The number of fused-ring (bicyclic) bond motifs is 1. The lowest BCUT2D eigenvalue weighted by atomic mass is 9.84. The fraction of sp³-hybridized carbons (Fsp3) is 0.565. The van der Waals surface area contributed by atoms with Gasteiger partial charge in [0.2, 0.25) is 5.72 Å². The highest BCUT2D eigenvalue weighted by Gasteiger charge is 2.68. The molecule has 1 N–H and O–H groups in total. The van der Waals surface area contributed by atoms with Crippen molar-refractivity contribution in [1.82, 2.24) is 20.0 Å². The molecule has 1 saturated carbocycles. The van der Waals surface area contributed by atoms with E-state index in [1.54, 1.807) is 0 Å². The Morgan fingerprint density at radius 2 is 2.00 bits per heavy atom. The van der Waals surface area contributed by atoms with E-state index in [0.717, 1.165) is 62.8 Å². The molecule has 2 aliphatic heterocycles. The van der Waals surface area contributed by atoms with Crippen LogP contribution in [0.3, 0.4) is 0 Å². The van der Waals surface area contributed by atoms with Crippen LogP contribution in [0.1, 0.15) is 43.9 Å². The van der Waals surface area contributed by atoms with Gasteiger partial charge < -0.3 is 19.8 Å². The van der Waals surface area contributed by atoms with Crippen LogP contribution in [-0.4, -0.2) is 45.9 Å². The Balaban J connectivity index is 1.39. The fourth-order valence-corrected chi connectivity index (χ4v) is 4.87. The zero-order chi connectivity index (χ0) is 20.6. The number of nitrogens with zero attached hydrogens (tertiary/aromatic N) is 4. The molecule has 1 aromatic carbocycles. The highest BCUT2D eigenvalue weighted by Crippen LogP contribution is 2.60. The molecular weight excluding hydrogens is 378 g/mol. The molecule has 2 fully saturated rings. The first-order chi connectivity index (χ1) is 14.6. The predicted molar refractivity (Wildman–Crippen MR) is 115 cm³/mol. The third-order valence-electron chi connectivity index (χ3n) is 6.68. The van der Waals surface area contributed by atoms with Gasteiger partial charge in [0.15, 0.2) is 5.84 Å². The summed E-state index contributed by atoms with van der Waals surface area (Å²) in [6.45, 7) is 5.53. The Labute approximate surface area is 178 Å². The van der Waals surface area contributed by atoms with E-state index in [0.29, 0.717) is 0 Å². The van der Waals surface area contributed by atoms with Crippen LogP contribution < -0.4 is 10.1 Å². The van der Waals surface area contributed by atoms with E-state index in [-0.39, 0.29) is 11.1 Å². The summed E-state index contributed by atoms with van der Waals surface area (Å²) in [7, 11) is 1.96. The fourth-order valence-electron chi connectivity index (χ4n) is 4.87. The molecule has 1 aliphatic carbocycles. The second-order valence-electron chi connectivity index (χ2n) is 8.83. The average Bonchev–Trinajstić information content (AvgIpc) is 3.30. The van der Waals surface area contributed by atoms with Gasteiger partial charge >= 0.3 is 0 Å². The summed E-state index contributed by atoms with van der Waals surface area (Å²) in [5.74, 6) is 1.92. The highest BCUT2D eigenvalue weighted by atomic mass is 16.7. The Morgan fingerprint density at radius 3 is 2.70 bits per heavy atom. The minimum absolute atomic E-state index is 0.156. The lowest BCUT2D eigenvalue weighted by Crippen LogP contribution is -2.61. The van der Waals surface area contributed by atoms with Gasteiger partial charge in [-0.3, -0.25) is 4.68 Å². The Morgan fingerprint density at radius 1 is 1.17 bits per heavy atom. The van der Waals surface area contributed by atoms with Gasteiger partial charge in [-0.2, -0.15) is 5.10 Å². The van der Waals surface area contributed by atoms with Gasteiger partial charge in [0.05, 0.1) is 18.8 Å². The molecule has 1 unspecified atom stereocenters. The van der Waals surface area contributed by atoms with E-state index in [2.05, 4.69) is 45.6 Å². The topological polar surface area (TPSA) is 63.9 Å². The monoisotopic (exact) mass is 409 g/mol. The first kappa shape index (κ1) is 19.4. The van der Waals surface area contributed by atoms with Gasteiger partial charge in [-0.15, -0.1) is 0 Å². The lowest BCUT2D eigenvalue weighted by molar-refractivity contribution is -0.168. The standard InChI is InChI=1S/C23H31N5O2/c1-3-14-29-20-6-4-18(5-7-20)15-21-26-30-23(11-12-24-17-22(23)9-10-22)28(21)16-19-8-13-27(2)25-19/h4-8,13,24H,3,9-12,14-17H2,1-2H3. The van der Waals surface area contributed by atoms with E-state index in [4.69, 9.17) is 9.57 Å². The molecule has 1 saturated heterocycles. The molecule has 0 amide bonds. The number of hydrogen-bond donors (Lipinski definition) is 1. The quantitative estimate of drug-likeness (QED) is 0.761. The van der Waals surface area contributed by atoms with Crippen LogP contribution in [0.4, 0.5) is 0 Å². The highest BCUT2D eigenvalue weighted by molar-refractivity contribution is 5.86. The molecule has 0 radical (unpaired) electrons. The second kappa shape index (κ2) is 7.61. The van der Waals surface area contributed by atoms with Crippen LogP contribution in [0.15, 0.2) is 41.7 Å². The summed E-state index contributed by atoms with van der Waals surface area (Å²) >= 11 is 0. The summed E-state index contributed by atoms with van der Waals surface area (Å²) in [5.41, 5.74) is 2.06. The maximum Gasteiger partial charge on any atom is 0.219 e. The van der Waals surface area contributed by atoms with E-state index >= 15 is 0 Å². The number of amidine groups is 1. The van der Waals surface area contributed by atoms with Gasteiger partial charge in [-0.05, 0) is 43.0 Å². The molecule has 30 heavy (non-hydrogen) atoms. The second-order valence-corrected chi connectivity index (χ2v) is 8.83. The SMILES string of the molecule is CCCOc1ccc(CC2=NOC3(CCNCC34CC4)N2Cc2ccn(C)n2)cc1. The first-order valence-electron chi connectivity index (χ1n) is 11.1. The van der Waals surface area contributed by atoms with Crippen molar-refractivity contribution in [3.05, 3.63) is 47.8 Å². The number of piperidine rings is 1. The third kappa shape index (κ3) is 3.35. The van der Waals surface area contributed by atoms with Crippen LogP contribution >= 0.6 is 0 Å². The van der Waals surface area contributed by atoms with Crippen LogP contribution in [0, 0.1) is 5.41 Å². The maximum atomic E-state index is 6.33. The molecule has 7 heteroatoms. The molecule has 3 heterocycles.